The molecule has 3 heteroatoms. The number of ketones is 1. The van der Waals surface area contributed by atoms with Gasteiger partial charge in [-0.05, 0) is 67.9 Å². The first kappa shape index (κ1) is 33.3. The number of hydrogen-bond acceptors (Lipinski definition) is 2. The molecule has 36 heavy (non-hydrogen) atoms. The van der Waals surface area contributed by atoms with E-state index in [-0.39, 0.29) is 5.78 Å². The molecule has 1 aliphatic carbocycles. The summed E-state index contributed by atoms with van der Waals surface area (Å²) < 4.78 is 1.85. The van der Waals surface area contributed by atoms with Crippen molar-refractivity contribution in [3.63, 3.8) is 0 Å². The first-order valence-corrected chi connectivity index (χ1v) is 14.0. The van der Waals surface area contributed by atoms with E-state index in [1.54, 1.807) is 6.92 Å². The van der Waals surface area contributed by atoms with Crippen molar-refractivity contribution in [3.05, 3.63) is 77.1 Å². The van der Waals surface area contributed by atoms with Crippen LogP contribution in [0, 0.1) is 13.8 Å². The molecule has 2 aromatic carbocycles. The summed E-state index contributed by atoms with van der Waals surface area (Å²) >= 11 is 0. The summed E-state index contributed by atoms with van der Waals surface area (Å²) in [7, 11) is 1.96. The molecule has 1 fully saturated rings. The minimum absolute atomic E-state index is 0.133. The minimum Gasteiger partial charge on any atom is -0.295 e. The summed E-state index contributed by atoms with van der Waals surface area (Å²) in [5, 5.41) is 4.22. The third-order valence-electron chi connectivity index (χ3n) is 5.94. The van der Waals surface area contributed by atoms with E-state index in [1.807, 2.05) is 77.7 Å². The summed E-state index contributed by atoms with van der Waals surface area (Å²) in [6.07, 6.45) is 12.2. The van der Waals surface area contributed by atoms with Gasteiger partial charge in [-0.2, -0.15) is 5.10 Å². The van der Waals surface area contributed by atoms with Crippen LogP contribution >= 0.6 is 0 Å². The molecule has 0 saturated heterocycles. The van der Waals surface area contributed by atoms with Crippen molar-refractivity contribution < 1.29 is 4.79 Å². The van der Waals surface area contributed by atoms with E-state index >= 15 is 0 Å². The highest BCUT2D eigenvalue weighted by molar-refractivity contribution is 5.94. The van der Waals surface area contributed by atoms with Gasteiger partial charge in [0.1, 0.15) is 0 Å². The molecule has 0 unspecified atom stereocenters. The fraction of sp³-hybridized carbons (Fsp3) is 0.515. The van der Waals surface area contributed by atoms with Crippen LogP contribution in [0.25, 0.3) is 11.1 Å². The van der Waals surface area contributed by atoms with Crippen LogP contribution in [0.4, 0.5) is 0 Å². The van der Waals surface area contributed by atoms with Crippen LogP contribution in [0.3, 0.4) is 0 Å². The van der Waals surface area contributed by atoms with Crippen molar-refractivity contribution in [2.75, 3.05) is 0 Å². The fourth-order valence-electron chi connectivity index (χ4n) is 3.91. The summed E-state index contributed by atoms with van der Waals surface area (Å²) in [6.45, 7) is 17.9. The second kappa shape index (κ2) is 19.5. The molecular formula is C33H52N2O. The zero-order valence-electron chi connectivity index (χ0n) is 24.8. The lowest BCUT2D eigenvalue weighted by Crippen LogP contribution is -2.04. The van der Waals surface area contributed by atoms with Gasteiger partial charge in [-0.1, -0.05) is 104 Å². The van der Waals surface area contributed by atoms with Crippen LogP contribution in [0.15, 0.2) is 54.9 Å². The lowest BCUT2D eigenvalue weighted by atomic mass is 9.84. The van der Waals surface area contributed by atoms with E-state index in [4.69, 9.17) is 0 Å². The predicted molar refractivity (Wildman–Crippen MR) is 159 cm³/mol. The Kier molecular flexibility index (Phi) is 18.0. The maximum absolute atomic E-state index is 10.9. The minimum atomic E-state index is 0.133. The molecular weight excluding hydrogens is 440 g/mol. The molecule has 0 amide bonds. The molecule has 0 bridgehead atoms. The average Bonchev–Trinajstić information content (AvgIpc) is 3.36. The van der Waals surface area contributed by atoms with E-state index in [0.717, 1.165) is 11.5 Å². The van der Waals surface area contributed by atoms with Crippen molar-refractivity contribution in [2.45, 2.75) is 107 Å². The SMILES string of the molecule is CC.CC.CC(=O)c1ccc(C)c(C)c1.CCC.Cn1cc(-c2ccc(C3CCCCC3)cc2)cn1. The van der Waals surface area contributed by atoms with Gasteiger partial charge < -0.3 is 0 Å². The van der Waals surface area contributed by atoms with Gasteiger partial charge in [0.15, 0.2) is 5.78 Å². The standard InChI is InChI=1S/C16H20N2.C10H12O.C3H8.2C2H6/c1-18-12-16(11-17-18)15-9-7-14(8-10-15)13-5-3-2-4-6-13;1-7-4-5-10(9(3)11)6-8(7)2;1-3-2;2*1-2/h7-13H,2-6H2,1H3;4-6H,1-3H3;3H2,1-2H3;2*1-2H3. The van der Waals surface area contributed by atoms with E-state index in [1.165, 1.54) is 66.3 Å². The van der Waals surface area contributed by atoms with Gasteiger partial charge in [0, 0.05) is 24.4 Å². The van der Waals surface area contributed by atoms with Crippen LogP contribution in [0.5, 0.6) is 0 Å². The van der Waals surface area contributed by atoms with Gasteiger partial charge in [0.05, 0.1) is 6.20 Å². The van der Waals surface area contributed by atoms with Gasteiger partial charge in [-0.3, -0.25) is 9.48 Å². The molecule has 1 aliphatic rings. The van der Waals surface area contributed by atoms with Crippen molar-refractivity contribution in [3.8, 4) is 11.1 Å². The number of rotatable bonds is 3. The topological polar surface area (TPSA) is 34.9 Å². The number of carbonyl (C=O) groups excluding carboxylic acids is 1. The number of Topliss-reactive ketones (excluding diaryl/α,β-unsaturated/α-hetero) is 1. The second-order valence-corrected chi connectivity index (χ2v) is 8.92. The normalized spacial score (nSPS) is 12.3. The largest absolute Gasteiger partial charge is 0.295 e. The summed E-state index contributed by atoms with van der Waals surface area (Å²) in [5.74, 6) is 0.926. The Balaban J connectivity index is 0.000000585. The van der Waals surface area contributed by atoms with Crippen LogP contribution in [-0.2, 0) is 7.05 Å². The molecule has 1 saturated carbocycles. The predicted octanol–water partition coefficient (Wildman–Crippen LogP) is 10.1. The number of hydrogen-bond donors (Lipinski definition) is 0. The lowest BCUT2D eigenvalue weighted by Gasteiger charge is -2.22. The monoisotopic (exact) mass is 492 g/mol. The highest BCUT2D eigenvalue weighted by atomic mass is 16.1. The summed E-state index contributed by atoms with van der Waals surface area (Å²) in [6, 6.07) is 14.9. The lowest BCUT2D eigenvalue weighted by molar-refractivity contribution is 0.101. The Morgan fingerprint density at radius 2 is 1.42 bits per heavy atom. The molecule has 0 N–H and O–H groups in total. The molecule has 0 spiro atoms. The first-order valence-electron chi connectivity index (χ1n) is 14.0. The van der Waals surface area contributed by atoms with Crippen molar-refractivity contribution in [1.82, 2.24) is 9.78 Å². The molecule has 0 radical (unpaired) electrons. The Morgan fingerprint density at radius 3 is 1.86 bits per heavy atom. The number of nitrogens with zero attached hydrogens (tertiary/aromatic N) is 2. The molecule has 1 heterocycles. The van der Waals surface area contributed by atoms with Crippen LogP contribution in [0.2, 0.25) is 0 Å². The summed E-state index contributed by atoms with van der Waals surface area (Å²) in [5.41, 5.74) is 7.19. The number of carbonyl (C=O) groups is 1. The Bertz CT molecular complexity index is 964. The van der Waals surface area contributed by atoms with E-state index < -0.39 is 0 Å². The molecule has 3 aromatic rings. The number of aromatic nitrogens is 2. The smallest absolute Gasteiger partial charge is 0.159 e. The first-order chi connectivity index (χ1) is 17.3. The molecule has 0 atom stereocenters. The zero-order valence-corrected chi connectivity index (χ0v) is 24.8. The third-order valence-corrected chi connectivity index (χ3v) is 5.94. The Labute approximate surface area is 222 Å². The van der Waals surface area contributed by atoms with Crippen LogP contribution in [-0.4, -0.2) is 15.6 Å². The van der Waals surface area contributed by atoms with Crippen molar-refractivity contribution in [1.29, 1.82) is 0 Å². The summed E-state index contributed by atoms with van der Waals surface area (Å²) in [4.78, 5) is 10.9. The second-order valence-electron chi connectivity index (χ2n) is 8.92. The van der Waals surface area contributed by atoms with Crippen LogP contribution < -0.4 is 0 Å². The zero-order chi connectivity index (χ0) is 27.5. The Morgan fingerprint density at radius 1 is 0.861 bits per heavy atom. The molecule has 0 aliphatic heterocycles. The van der Waals surface area contributed by atoms with Crippen molar-refractivity contribution >= 4 is 5.78 Å². The van der Waals surface area contributed by atoms with E-state index in [2.05, 4.69) is 49.4 Å². The van der Waals surface area contributed by atoms with Gasteiger partial charge in [0.2, 0.25) is 0 Å². The molecule has 3 nitrogen and oxygen atoms in total. The Hall–Kier alpha value is -2.68. The van der Waals surface area contributed by atoms with Gasteiger partial charge in [-0.25, -0.2) is 0 Å². The van der Waals surface area contributed by atoms with Crippen molar-refractivity contribution in [2.24, 2.45) is 7.05 Å². The fourth-order valence-corrected chi connectivity index (χ4v) is 3.91. The maximum atomic E-state index is 10.9. The van der Waals surface area contributed by atoms with Crippen LogP contribution in [0.1, 0.15) is 120 Å². The van der Waals surface area contributed by atoms with Gasteiger partial charge >= 0.3 is 0 Å². The highest BCUT2D eigenvalue weighted by Gasteiger charge is 2.15. The average molecular weight is 493 g/mol. The highest BCUT2D eigenvalue weighted by Crippen LogP contribution is 2.33. The van der Waals surface area contributed by atoms with Gasteiger partial charge in [-0.15, -0.1) is 0 Å². The molecule has 4 rings (SSSR count). The van der Waals surface area contributed by atoms with Gasteiger partial charge in [0.25, 0.3) is 0 Å². The van der Waals surface area contributed by atoms with E-state index in [0.29, 0.717) is 0 Å². The quantitative estimate of drug-likeness (QED) is 0.341. The van der Waals surface area contributed by atoms with E-state index in [9.17, 15) is 4.79 Å². The number of benzene rings is 2. The third kappa shape index (κ3) is 11.8. The molecule has 200 valence electrons. The maximum Gasteiger partial charge on any atom is 0.159 e. The molecule has 1 aromatic heterocycles. The number of aryl methyl sites for hydroxylation is 3.